The highest BCUT2D eigenvalue weighted by atomic mass is 16.4. The fraction of sp³-hybridized carbons (Fsp3) is 0.769. The van der Waals surface area contributed by atoms with E-state index in [1.807, 2.05) is 13.8 Å². The Balaban J connectivity index is 2.87. The molecule has 1 heterocycles. The molecule has 1 rings (SSSR count). The van der Waals surface area contributed by atoms with E-state index in [0.717, 1.165) is 12.8 Å². The van der Waals surface area contributed by atoms with Crippen LogP contribution in [0.4, 0.5) is 0 Å². The third-order valence-electron chi connectivity index (χ3n) is 3.65. The molecule has 108 valence electrons. The van der Waals surface area contributed by atoms with Gasteiger partial charge in [0.1, 0.15) is 0 Å². The summed E-state index contributed by atoms with van der Waals surface area (Å²) >= 11 is 0. The maximum Gasteiger partial charge on any atom is 0.317 e. The summed E-state index contributed by atoms with van der Waals surface area (Å²) in [5.41, 5.74) is 0. The highest BCUT2D eigenvalue weighted by Crippen LogP contribution is 2.23. The standard InChI is InChI=1S/C13H22N2O4/c1-4-9(5-2)15-11(16)7-10(13(15)19)14(6-3)8-12(17)18/h9-10H,4-8H2,1-3H3,(H,17,18). The molecule has 0 aromatic rings. The molecule has 19 heavy (non-hydrogen) atoms. The van der Waals surface area contributed by atoms with Crippen LogP contribution in [0.5, 0.6) is 0 Å². The third-order valence-corrected chi connectivity index (χ3v) is 3.65. The van der Waals surface area contributed by atoms with Crippen LogP contribution in [0, 0.1) is 0 Å². The van der Waals surface area contributed by atoms with Gasteiger partial charge in [-0.2, -0.15) is 0 Å². The van der Waals surface area contributed by atoms with E-state index in [4.69, 9.17) is 5.11 Å². The second kappa shape index (κ2) is 6.65. The van der Waals surface area contributed by atoms with Crippen molar-refractivity contribution >= 4 is 17.8 Å². The molecule has 1 aliphatic rings. The van der Waals surface area contributed by atoms with Crippen molar-refractivity contribution in [2.75, 3.05) is 13.1 Å². The van der Waals surface area contributed by atoms with Crippen molar-refractivity contribution in [1.82, 2.24) is 9.80 Å². The van der Waals surface area contributed by atoms with Gasteiger partial charge in [-0.25, -0.2) is 0 Å². The van der Waals surface area contributed by atoms with Crippen LogP contribution in [-0.2, 0) is 14.4 Å². The Bertz CT molecular complexity index is 366. The SMILES string of the molecule is CCC(CC)N1C(=O)CC(N(CC)CC(=O)O)C1=O. The van der Waals surface area contributed by atoms with E-state index in [-0.39, 0.29) is 30.8 Å². The van der Waals surface area contributed by atoms with E-state index in [9.17, 15) is 14.4 Å². The van der Waals surface area contributed by atoms with Gasteiger partial charge in [0.2, 0.25) is 11.8 Å². The Labute approximate surface area is 113 Å². The average molecular weight is 270 g/mol. The van der Waals surface area contributed by atoms with Gasteiger partial charge in [-0.05, 0) is 19.4 Å². The number of hydrogen-bond donors (Lipinski definition) is 1. The second-order valence-electron chi connectivity index (χ2n) is 4.75. The third kappa shape index (κ3) is 3.32. The monoisotopic (exact) mass is 270 g/mol. The summed E-state index contributed by atoms with van der Waals surface area (Å²) in [4.78, 5) is 38.0. The fourth-order valence-corrected chi connectivity index (χ4v) is 2.57. The zero-order valence-corrected chi connectivity index (χ0v) is 11.8. The van der Waals surface area contributed by atoms with Gasteiger partial charge in [-0.15, -0.1) is 0 Å². The van der Waals surface area contributed by atoms with Crippen LogP contribution in [0.3, 0.4) is 0 Å². The lowest BCUT2D eigenvalue weighted by Gasteiger charge is -2.27. The Morgan fingerprint density at radius 2 is 1.95 bits per heavy atom. The molecule has 6 nitrogen and oxygen atoms in total. The lowest BCUT2D eigenvalue weighted by Crippen LogP contribution is -2.46. The second-order valence-corrected chi connectivity index (χ2v) is 4.75. The summed E-state index contributed by atoms with van der Waals surface area (Å²) < 4.78 is 0. The van der Waals surface area contributed by atoms with Crippen molar-refractivity contribution in [3.8, 4) is 0 Å². The first-order valence-corrected chi connectivity index (χ1v) is 6.77. The molecule has 0 saturated carbocycles. The summed E-state index contributed by atoms with van der Waals surface area (Å²) in [5, 5.41) is 8.84. The average Bonchev–Trinajstić information content (AvgIpc) is 2.65. The molecule has 1 N–H and O–H groups in total. The van der Waals surface area contributed by atoms with Crippen LogP contribution in [0.2, 0.25) is 0 Å². The van der Waals surface area contributed by atoms with Crippen LogP contribution in [0.15, 0.2) is 0 Å². The zero-order chi connectivity index (χ0) is 14.6. The first-order valence-electron chi connectivity index (χ1n) is 6.77. The fourth-order valence-electron chi connectivity index (χ4n) is 2.57. The van der Waals surface area contributed by atoms with E-state index in [1.54, 1.807) is 11.8 Å². The number of hydrogen-bond acceptors (Lipinski definition) is 4. The molecule has 1 aliphatic heterocycles. The number of rotatable bonds is 7. The molecule has 1 fully saturated rings. The van der Waals surface area contributed by atoms with Gasteiger partial charge in [-0.3, -0.25) is 24.2 Å². The van der Waals surface area contributed by atoms with Crippen LogP contribution in [0.25, 0.3) is 0 Å². The van der Waals surface area contributed by atoms with Crippen LogP contribution >= 0.6 is 0 Å². The van der Waals surface area contributed by atoms with Gasteiger partial charge in [0.05, 0.1) is 19.0 Å². The number of aliphatic carboxylic acids is 1. The van der Waals surface area contributed by atoms with E-state index >= 15 is 0 Å². The zero-order valence-electron chi connectivity index (χ0n) is 11.8. The summed E-state index contributed by atoms with van der Waals surface area (Å²) in [6.45, 7) is 5.90. The first kappa shape index (κ1) is 15.6. The minimum atomic E-state index is -0.983. The largest absolute Gasteiger partial charge is 0.480 e. The molecule has 1 unspecified atom stereocenters. The van der Waals surface area contributed by atoms with Gasteiger partial charge in [0.15, 0.2) is 0 Å². The number of carboxylic acid groups (broad SMARTS) is 1. The Kier molecular flexibility index (Phi) is 5.47. The molecular weight excluding hydrogens is 248 g/mol. The van der Waals surface area contributed by atoms with Gasteiger partial charge in [-0.1, -0.05) is 20.8 Å². The number of carbonyl (C=O) groups excluding carboxylic acids is 2. The molecule has 0 aromatic carbocycles. The maximum absolute atomic E-state index is 12.3. The number of likely N-dealkylation sites (N-methyl/N-ethyl adjacent to an activating group) is 1. The topological polar surface area (TPSA) is 77.9 Å². The molecule has 0 bridgehead atoms. The van der Waals surface area contributed by atoms with Crippen molar-refractivity contribution < 1.29 is 19.5 Å². The minimum absolute atomic E-state index is 0.0754. The maximum atomic E-state index is 12.3. The number of carboxylic acids is 1. The molecule has 0 aromatic heterocycles. The Morgan fingerprint density at radius 1 is 1.37 bits per heavy atom. The van der Waals surface area contributed by atoms with Crippen LogP contribution < -0.4 is 0 Å². The van der Waals surface area contributed by atoms with E-state index < -0.39 is 12.0 Å². The number of nitrogens with zero attached hydrogens (tertiary/aromatic N) is 2. The summed E-state index contributed by atoms with van der Waals surface area (Å²) in [6.07, 6.45) is 1.55. The summed E-state index contributed by atoms with van der Waals surface area (Å²) in [5.74, 6) is -1.42. The minimum Gasteiger partial charge on any atom is -0.480 e. The molecule has 0 spiro atoms. The van der Waals surface area contributed by atoms with Gasteiger partial charge >= 0.3 is 5.97 Å². The number of carbonyl (C=O) groups is 3. The Morgan fingerprint density at radius 3 is 2.37 bits per heavy atom. The lowest BCUT2D eigenvalue weighted by atomic mass is 10.1. The van der Waals surface area contributed by atoms with E-state index in [2.05, 4.69) is 0 Å². The van der Waals surface area contributed by atoms with E-state index in [1.165, 1.54) is 4.90 Å². The quantitative estimate of drug-likeness (QED) is 0.689. The molecular formula is C13H22N2O4. The molecule has 0 aliphatic carbocycles. The molecule has 0 radical (unpaired) electrons. The normalized spacial score (nSPS) is 19.8. The van der Waals surface area contributed by atoms with Gasteiger partial charge in [0, 0.05) is 6.04 Å². The van der Waals surface area contributed by atoms with Crippen molar-refractivity contribution in [1.29, 1.82) is 0 Å². The van der Waals surface area contributed by atoms with Crippen molar-refractivity contribution in [2.45, 2.75) is 52.1 Å². The lowest BCUT2D eigenvalue weighted by molar-refractivity contribution is -0.143. The number of imide groups is 1. The van der Waals surface area contributed by atoms with Crippen molar-refractivity contribution in [3.05, 3.63) is 0 Å². The molecule has 6 heteroatoms. The highest BCUT2D eigenvalue weighted by molar-refractivity contribution is 6.06. The van der Waals surface area contributed by atoms with Crippen molar-refractivity contribution in [3.63, 3.8) is 0 Å². The number of likely N-dealkylation sites (tertiary alicyclic amines) is 1. The predicted molar refractivity (Wildman–Crippen MR) is 69.5 cm³/mol. The first-order chi connectivity index (χ1) is 8.96. The summed E-state index contributed by atoms with van der Waals surface area (Å²) in [6, 6.07) is -0.692. The highest BCUT2D eigenvalue weighted by Gasteiger charge is 2.44. The predicted octanol–water partition coefficient (Wildman–Crippen LogP) is 0.709. The molecule has 1 saturated heterocycles. The number of amides is 2. The molecule has 2 amide bonds. The van der Waals surface area contributed by atoms with Crippen molar-refractivity contribution in [2.24, 2.45) is 0 Å². The summed E-state index contributed by atoms with van der Waals surface area (Å²) in [7, 11) is 0. The van der Waals surface area contributed by atoms with Crippen LogP contribution in [-0.4, -0.2) is 57.9 Å². The Hall–Kier alpha value is -1.43. The van der Waals surface area contributed by atoms with Gasteiger partial charge < -0.3 is 5.11 Å². The molecule has 1 atom stereocenters. The van der Waals surface area contributed by atoms with E-state index in [0.29, 0.717) is 6.54 Å². The van der Waals surface area contributed by atoms with Gasteiger partial charge in [0.25, 0.3) is 0 Å². The van der Waals surface area contributed by atoms with Crippen LogP contribution in [0.1, 0.15) is 40.0 Å². The smallest absolute Gasteiger partial charge is 0.317 e.